The van der Waals surface area contributed by atoms with Crippen LogP contribution in [-0.2, 0) is 12.3 Å². The van der Waals surface area contributed by atoms with E-state index < -0.39 is 0 Å². The molecule has 0 unspecified atom stereocenters. The monoisotopic (exact) mass is 474 g/mol. The van der Waals surface area contributed by atoms with Crippen molar-refractivity contribution in [3.05, 3.63) is 95.3 Å². The van der Waals surface area contributed by atoms with Crippen molar-refractivity contribution >= 4 is 17.7 Å². The van der Waals surface area contributed by atoms with E-state index in [-0.39, 0.29) is 12.5 Å². The molecule has 0 saturated carbocycles. The molecule has 0 aliphatic carbocycles. The molecule has 3 aromatic carbocycles. The van der Waals surface area contributed by atoms with Crippen LogP contribution in [0.2, 0.25) is 0 Å². The quantitative estimate of drug-likeness (QED) is 0.351. The Bertz CT molecular complexity index is 1260. The maximum absolute atomic E-state index is 12.9. The van der Waals surface area contributed by atoms with E-state index in [9.17, 15) is 4.79 Å². The van der Waals surface area contributed by atoms with Crippen LogP contribution in [0, 0.1) is 6.92 Å². The summed E-state index contributed by atoms with van der Waals surface area (Å²) in [6.07, 6.45) is 0. The molecule has 4 rings (SSSR count). The smallest absolute Gasteiger partial charge is 0.255 e. The Kier molecular flexibility index (Phi) is 7.49. The van der Waals surface area contributed by atoms with E-state index in [0.717, 1.165) is 22.2 Å². The first-order valence-electron chi connectivity index (χ1n) is 10.8. The first-order chi connectivity index (χ1) is 16.6. The molecule has 174 valence electrons. The van der Waals surface area contributed by atoms with Crippen LogP contribution < -0.4 is 14.8 Å². The van der Waals surface area contributed by atoms with E-state index in [1.165, 1.54) is 12.7 Å². The molecule has 0 aliphatic heterocycles. The zero-order valence-electron chi connectivity index (χ0n) is 19.3. The van der Waals surface area contributed by atoms with Gasteiger partial charge in [0.1, 0.15) is 11.5 Å². The number of hydrogen-bond acceptors (Lipinski definition) is 6. The van der Waals surface area contributed by atoms with Crippen molar-refractivity contribution < 1.29 is 14.3 Å². The summed E-state index contributed by atoms with van der Waals surface area (Å²) in [6, 6.07) is 23.5. The standard InChI is InChI=1S/C26H26N4O3S/c1-18-9-11-20(12-10-18)30-24(28-29-26(30)34-17-19-7-5-4-6-8-19)16-27-25(31)22-14-13-21(32-2)15-23(22)33-3/h4-15H,16-17H2,1-3H3,(H,27,31). The lowest BCUT2D eigenvalue weighted by Gasteiger charge is -2.13. The minimum atomic E-state index is -0.267. The van der Waals surface area contributed by atoms with Gasteiger partial charge in [-0.05, 0) is 36.8 Å². The number of carbonyl (C=O) groups excluding carboxylic acids is 1. The summed E-state index contributed by atoms with van der Waals surface area (Å²) in [6.45, 7) is 2.26. The van der Waals surface area contributed by atoms with E-state index in [1.807, 2.05) is 54.0 Å². The molecule has 0 radical (unpaired) electrons. The lowest BCUT2D eigenvalue weighted by atomic mass is 10.1. The molecule has 7 nitrogen and oxygen atoms in total. The zero-order chi connectivity index (χ0) is 23.9. The number of nitrogens with zero attached hydrogens (tertiary/aromatic N) is 3. The van der Waals surface area contributed by atoms with E-state index in [0.29, 0.717) is 22.9 Å². The Morgan fingerprint density at radius 2 is 1.74 bits per heavy atom. The number of aromatic nitrogens is 3. The van der Waals surface area contributed by atoms with Gasteiger partial charge in [0.2, 0.25) is 0 Å². The maximum Gasteiger partial charge on any atom is 0.255 e. The van der Waals surface area contributed by atoms with Gasteiger partial charge in [-0.25, -0.2) is 0 Å². The molecule has 1 aromatic heterocycles. The Morgan fingerprint density at radius 1 is 0.971 bits per heavy atom. The normalized spacial score (nSPS) is 10.7. The molecule has 0 atom stereocenters. The molecule has 0 aliphatic rings. The van der Waals surface area contributed by atoms with Crippen LogP contribution >= 0.6 is 11.8 Å². The molecule has 4 aromatic rings. The molecule has 0 spiro atoms. The van der Waals surface area contributed by atoms with Gasteiger partial charge < -0.3 is 14.8 Å². The molecule has 0 fully saturated rings. The molecule has 8 heteroatoms. The lowest BCUT2D eigenvalue weighted by molar-refractivity contribution is 0.0946. The van der Waals surface area contributed by atoms with E-state index >= 15 is 0 Å². The molecular weight excluding hydrogens is 448 g/mol. The highest BCUT2D eigenvalue weighted by atomic mass is 32.2. The van der Waals surface area contributed by atoms with Gasteiger partial charge in [0.05, 0.1) is 26.3 Å². The number of thioether (sulfide) groups is 1. The van der Waals surface area contributed by atoms with Crippen molar-refractivity contribution in [2.75, 3.05) is 14.2 Å². The van der Waals surface area contributed by atoms with Crippen LogP contribution in [0.25, 0.3) is 5.69 Å². The van der Waals surface area contributed by atoms with Crippen LogP contribution in [0.1, 0.15) is 27.3 Å². The predicted octanol–water partition coefficient (Wildman–Crippen LogP) is 4.82. The number of aryl methyl sites for hydroxylation is 1. The van der Waals surface area contributed by atoms with Gasteiger partial charge in [0.25, 0.3) is 5.91 Å². The highest BCUT2D eigenvalue weighted by Gasteiger charge is 2.18. The number of rotatable bonds is 9. The minimum absolute atomic E-state index is 0.209. The molecule has 1 N–H and O–H groups in total. The Morgan fingerprint density at radius 3 is 2.44 bits per heavy atom. The Hall–Kier alpha value is -3.78. The number of carbonyl (C=O) groups is 1. The lowest BCUT2D eigenvalue weighted by Crippen LogP contribution is -2.25. The zero-order valence-corrected chi connectivity index (χ0v) is 20.1. The van der Waals surface area contributed by atoms with Gasteiger partial charge in [0, 0.05) is 17.5 Å². The fourth-order valence-electron chi connectivity index (χ4n) is 3.42. The first kappa shape index (κ1) is 23.4. The summed E-state index contributed by atoms with van der Waals surface area (Å²) in [5.41, 5.74) is 3.73. The first-order valence-corrected chi connectivity index (χ1v) is 11.8. The number of hydrogen-bond donors (Lipinski definition) is 1. The summed E-state index contributed by atoms with van der Waals surface area (Å²) >= 11 is 1.60. The van der Waals surface area contributed by atoms with Gasteiger partial charge >= 0.3 is 0 Å². The minimum Gasteiger partial charge on any atom is -0.497 e. The maximum atomic E-state index is 12.9. The van der Waals surface area contributed by atoms with Crippen molar-refractivity contribution in [3.63, 3.8) is 0 Å². The van der Waals surface area contributed by atoms with Crippen LogP contribution in [0.3, 0.4) is 0 Å². The fourth-order valence-corrected chi connectivity index (χ4v) is 4.35. The van der Waals surface area contributed by atoms with Gasteiger partial charge in [-0.1, -0.05) is 59.8 Å². The highest BCUT2D eigenvalue weighted by Crippen LogP contribution is 2.27. The van der Waals surface area contributed by atoms with E-state index in [1.54, 1.807) is 37.1 Å². The number of nitrogens with one attached hydrogen (secondary N) is 1. The largest absolute Gasteiger partial charge is 0.497 e. The summed E-state index contributed by atoms with van der Waals surface area (Å²) < 4.78 is 12.6. The van der Waals surface area contributed by atoms with Crippen molar-refractivity contribution in [1.29, 1.82) is 0 Å². The Labute approximate surface area is 203 Å². The SMILES string of the molecule is COc1ccc(C(=O)NCc2nnc(SCc3ccccc3)n2-c2ccc(C)cc2)c(OC)c1. The van der Waals surface area contributed by atoms with E-state index in [4.69, 9.17) is 9.47 Å². The number of methoxy groups -OCH3 is 2. The van der Waals surface area contributed by atoms with Crippen molar-refractivity contribution in [2.24, 2.45) is 0 Å². The van der Waals surface area contributed by atoms with Gasteiger partial charge in [-0.15, -0.1) is 10.2 Å². The Balaban J connectivity index is 1.57. The third-order valence-electron chi connectivity index (χ3n) is 5.26. The number of benzene rings is 3. The van der Waals surface area contributed by atoms with E-state index in [2.05, 4.69) is 27.6 Å². The summed E-state index contributed by atoms with van der Waals surface area (Å²) in [5.74, 6) is 2.19. The summed E-state index contributed by atoms with van der Waals surface area (Å²) in [7, 11) is 3.09. The molecule has 1 amide bonds. The van der Waals surface area contributed by atoms with Gasteiger partial charge in [0.15, 0.2) is 11.0 Å². The number of amides is 1. The second-order valence-corrected chi connectivity index (χ2v) is 8.54. The highest BCUT2D eigenvalue weighted by molar-refractivity contribution is 7.98. The van der Waals surface area contributed by atoms with Crippen LogP contribution in [-0.4, -0.2) is 34.9 Å². The summed E-state index contributed by atoms with van der Waals surface area (Å²) in [5, 5.41) is 12.5. The molecule has 1 heterocycles. The average Bonchev–Trinajstić information content (AvgIpc) is 3.29. The van der Waals surface area contributed by atoms with Crippen molar-refractivity contribution in [3.8, 4) is 17.2 Å². The van der Waals surface area contributed by atoms with Crippen molar-refractivity contribution in [1.82, 2.24) is 20.1 Å². The van der Waals surface area contributed by atoms with Crippen molar-refractivity contribution in [2.45, 2.75) is 24.4 Å². The molecular formula is C26H26N4O3S. The summed E-state index contributed by atoms with van der Waals surface area (Å²) in [4.78, 5) is 12.9. The topological polar surface area (TPSA) is 78.3 Å². The second kappa shape index (κ2) is 10.9. The van der Waals surface area contributed by atoms with Gasteiger partial charge in [-0.2, -0.15) is 0 Å². The molecule has 0 bridgehead atoms. The average molecular weight is 475 g/mol. The van der Waals surface area contributed by atoms with Crippen LogP contribution in [0.15, 0.2) is 78.0 Å². The third-order valence-corrected chi connectivity index (χ3v) is 6.26. The second-order valence-electron chi connectivity index (χ2n) is 7.59. The third kappa shape index (κ3) is 5.40. The molecule has 34 heavy (non-hydrogen) atoms. The predicted molar refractivity (Wildman–Crippen MR) is 133 cm³/mol. The van der Waals surface area contributed by atoms with Gasteiger partial charge in [-0.3, -0.25) is 9.36 Å². The van der Waals surface area contributed by atoms with Crippen LogP contribution in [0.5, 0.6) is 11.5 Å². The number of ether oxygens (including phenoxy) is 2. The van der Waals surface area contributed by atoms with Crippen LogP contribution in [0.4, 0.5) is 0 Å². The molecule has 0 saturated heterocycles. The fraction of sp³-hybridized carbons (Fsp3) is 0.192.